The molecule has 7 nitrogen and oxygen atoms in total. The summed E-state index contributed by atoms with van der Waals surface area (Å²) in [4.78, 5) is 16.2. The lowest BCUT2D eigenvalue weighted by atomic mass is 9.86. The van der Waals surface area contributed by atoms with Crippen molar-refractivity contribution in [1.29, 1.82) is 0 Å². The first-order valence-corrected chi connectivity index (χ1v) is 18.2. The van der Waals surface area contributed by atoms with E-state index in [9.17, 15) is 13.2 Å². The second-order valence-corrected chi connectivity index (χ2v) is 16.2. The van der Waals surface area contributed by atoms with Crippen LogP contribution >= 0.6 is 0 Å². The van der Waals surface area contributed by atoms with Gasteiger partial charge in [0.2, 0.25) is 5.91 Å². The van der Waals surface area contributed by atoms with Crippen molar-refractivity contribution >= 4 is 15.7 Å². The fourth-order valence-corrected chi connectivity index (χ4v) is 8.24. The van der Waals surface area contributed by atoms with Crippen LogP contribution in [0.4, 0.5) is 0 Å². The van der Waals surface area contributed by atoms with E-state index in [-0.39, 0.29) is 40.7 Å². The van der Waals surface area contributed by atoms with E-state index in [1.54, 1.807) is 0 Å². The first-order valence-electron chi connectivity index (χ1n) is 16.4. The number of carbonyl (C=O) groups is 1. The van der Waals surface area contributed by atoms with E-state index >= 15 is 0 Å². The Hall–Kier alpha value is -3.91. The molecule has 1 aromatic heterocycles. The van der Waals surface area contributed by atoms with Crippen LogP contribution in [-0.4, -0.2) is 53.2 Å². The molecule has 0 bridgehead atoms. The summed E-state index contributed by atoms with van der Waals surface area (Å²) in [7, 11) is -3.16. The van der Waals surface area contributed by atoms with Gasteiger partial charge < -0.3 is 9.64 Å². The number of para-hydroxylation sites is 1. The van der Waals surface area contributed by atoms with Gasteiger partial charge in [0, 0.05) is 41.7 Å². The molecule has 1 saturated heterocycles. The summed E-state index contributed by atoms with van der Waals surface area (Å²) in [6.45, 7) is 11.7. The number of hydrogen-bond acceptors (Lipinski definition) is 5. The lowest BCUT2D eigenvalue weighted by Gasteiger charge is -2.29. The highest BCUT2D eigenvalue weighted by Crippen LogP contribution is 2.52. The van der Waals surface area contributed by atoms with Crippen LogP contribution in [-0.2, 0) is 26.6 Å². The Morgan fingerprint density at radius 3 is 2.41 bits per heavy atom. The van der Waals surface area contributed by atoms with Gasteiger partial charge in [0.15, 0.2) is 9.84 Å². The van der Waals surface area contributed by atoms with Crippen molar-refractivity contribution in [3.63, 3.8) is 0 Å². The van der Waals surface area contributed by atoms with Crippen LogP contribution in [0.1, 0.15) is 75.1 Å². The molecule has 0 spiro atoms. The highest BCUT2D eigenvalue weighted by molar-refractivity contribution is 7.91. The van der Waals surface area contributed by atoms with E-state index < -0.39 is 9.84 Å². The topological polar surface area (TPSA) is 81.5 Å². The van der Waals surface area contributed by atoms with Gasteiger partial charge in [-0.2, -0.15) is 5.10 Å². The normalized spacial score (nSPS) is 20.4. The third kappa shape index (κ3) is 6.92. The molecular weight excluding hydrogens is 595 g/mol. The number of hydrogen-bond donors (Lipinski definition) is 0. The highest BCUT2D eigenvalue weighted by Gasteiger charge is 2.49. The number of aromatic nitrogens is 2. The zero-order valence-electron chi connectivity index (χ0n) is 27.6. The summed E-state index contributed by atoms with van der Waals surface area (Å²) in [6, 6.07) is 24.3. The standard InChI is InChI=1S/C38H45N3O4S/c1-6-19-45-35-17-14-28(21-26(35)2)36-34(24-41(39-36)30-10-8-7-9-11-30)32-22-33(32)37(42)40(31-18-20-46(43,44)25-31)23-27-12-15-29(16-13-27)38(3,4)5/h7-17,21,24,31-33H,6,18-20,22-23,25H2,1-5H3. The largest absolute Gasteiger partial charge is 0.493 e. The average molecular weight is 640 g/mol. The summed E-state index contributed by atoms with van der Waals surface area (Å²) in [6.07, 6.45) is 4.20. The summed E-state index contributed by atoms with van der Waals surface area (Å²) >= 11 is 0. The number of ether oxygens (including phenoxy) is 1. The predicted octanol–water partition coefficient (Wildman–Crippen LogP) is 7.25. The zero-order valence-corrected chi connectivity index (χ0v) is 28.4. The molecule has 1 aliphatic carbocycles. The molecule has 6 rings (SSSR count). The lowest BCUT2D eigenvalue weighted by Crippen LogP contribution is -2.41. The van der Waals surface area contributed by atoms with Crippen LogP contribution < -0.4 is 4.74 Å². The van der Waals surface area contributed by atoms with Crippen molar-refractivity contribution in [2.75, 3.05) is 18.1 Å². The van der Waals surface area contributed by atoms with Crippen molar-refractivity contribution < 1.29 is 17.9 Å². The van der Waals surface area contributed by atoms with Gasteiger partial charge in [-0.05, 0) is 78.6 Å². The molecule has 3 aromatic carbocycles. The number of aryl methyl sites for hydroxylation is 1. The van der Waals surface area contributed by atoms with Gasteiger partial charge in [-0.1, -0.05) is 70.2 Å². The van der Waals surface area contributed by atoms with Crippen LogP contribution in [0.3, 0.4) is 0 Å². The molecule has 0 N–H and O–H groups in total. The van der Waals surface area contributed by atoms with Crippen molar-refractivity contribution in [1.82, 2.24) is 14.7 Å². The summed E-state index contributed by atoms with van der Waals surface area (Å²) in [5, 5.41) is 5.05. The first-order chi connectivity index (χ1) is 21.9. The van der Waals surface area contributed by atoms with Gasteiger partial charge in [0.25, 0.3) is 0 Å². The Morgan fingerprint density at radius 1 is 1.04 bits per heavy atom. The number of rotatable bonds is 10. The second-order valence-electron chi connectivity index (χ2n) is 14.0. The number of amides is 1. The predicted molar refractivity (Wildman–Crippen MR) is 183 cm³/mol. The van der Waals surface area contributed by atoms with Crippen molar-refractivity contribution in [2.24, 2.45) is 5.92 Å². The maximum absolute atomic E-state index is 14.3. The molecule has 4 aromatic rings. The van der Waals surface area contributed by atoms with Crippen molar-refractivity contribution in [2.45, 2.75) is 77.8 Å². The molecular formula is C38H45N3O4S. The highest BCUT2D eigenvalue weighted by atomic mass is 32.2. The van der Waals surface area contributed by atoms with Gasteiger partial charge in [-0.3, -0.25) is 4.79 Å². The minimum atomic E-state index is -3.16. The number of carbonyl (C=O) groups excluding carboxylic acids is 1. The minimum absolute atomic E-state index is 0.0000584. The van der Waals surface area contributed by atoms with Crippen LogP contribution in [0.15, 0.2) is 79.0 Å². The van der Waals surface area contributed by atoms with E-state index in [0.29, 0.717) is 26.0 Å². The Kier molecular flexibility index (Phi) is 8.85. The Labute approximate surface area is 273 Å². The Balaban J connectivity index is 1.31. The van der Waals surface area contributed by atoms with Crippen LogP contribution in [0.2, 0.25) is 0 Å². The zero-order chi connectivity index (χ0) is 32.6. The SMILES string of the molecule is CCCOc1ccc(-c2nn(-c3ccccc3)cc2C2CC2C(=O)N(Cc2ccc(C(C)(C)C)cc2)C2CCS(=O)(=O)C2)cc1C. The molecule has 46 heavy (non-hydrogen) atoms. The lowest BCUT2D eigenvalue weighted by molar-refractivity contribution is -0.135. The van der Waals surface area contributed by atoms with Crippen LogP contribution in [0, 0.1) is 12.8 Å². The number of benzene rings is 3. The summed E-state index contributed by atoms with van der Waals surface area (Å²) in [5.74, 6) is 0.831. The van der Waals surface area contributed by atoms with Gasteiger partial charge in [-0.25, -0.2) is 13.1 Å². The van der Waals surface area contributed by atoms with Crippen LogP contribution in [0.25, 0.3) is 16.9 Å². The molecule has 242 valence electrons. The van der Waals surface area contributed by atoms with E-state index in [2.05, 4.69) is 70.3 Å². The minimum Gasteiger partial charge on any atom is -0.493 e. The first kappa shape index (κ1) is 32.0. The fourth-order valence-electron chi connectivity index (χ4n) is 6.51. The van der Waals surface area contributed by atoms with Crippen molar-refractivity contribution in [3.05, 3.63) is 101 Å². The fraction of sp³-hybridized carbons (Fsp3) is 0.421. The summed E-state index contributed by atoms with van der Waals surface area (Å²) < 4.78 is 32.9. The smallest absolute Gasteiger partial charge is 0.226 e. The maximum atomic E-state index is 14.3. The van der Waals surface area contributed by atoms with Gasteiger partial charge >= 0.3 is 0 Å². The molecule has 2 aliphatic rings. The van der Waals surface area contributed by atoms with E-state index in [1.807, 2.05) is 52.9 Å². The molecule has 8 heteroatoms. The molecule has 0 radical (unpaired) electrons. The number of nitrogens with zero attached hydrogens (tertiary/aromatic N) is 3. The molecule has 2 heterocycles. The summed E-state index contributed by atoms with van der Waals surface area (Å²) in [5.41, 5.74) is 7.15. The molecule has 1 aliphatic heterocycles. The maximum Gasteiger partial charge on any atom is 0.226 e. The number of sulfone groups is 1. The second kappa shape index (κ2) is 12.7. The molecule has 1 saturated carbocycles. The van der Waals surface area contributed by atoms with Crippen molar-refractivity contribution in [3.8, 4) is 22.7 Å². The molecule has 3 atom stereocenters. The van der Waals surface area contributed by atoms with Gasteiger partial charge in [0.05, 0.1) is 29.5 Å². The van der Waals surface area contributed by atoms with E-state index in [1.165, 1.54) is 5.56 Å². The van der Waals surface area contributed by atoms with Crippen LogP contribution in [0.5, 0.6) is 5.75 Å². The average Bonchev–Trinajstić information content (AvgIpc) is 3.56. The Bertz CT molecular complexity index is 1810. The molecule has 3 unspecified atom stereocenters. The van der Waals surface area contributed by atoms with E-state index in [4.69, 9.17) is 9.84 Å². The van der Waals surface area contributed by atoms with Gasteiger partial charge in [0.1, 0.15) is 5.75 Å². The van der Waals surface area contributed by atoms with Gasteiger partial charge in [-0.15, -0.1) is 0 Å². The Morgan fingerprint density at radius 2 is 1.78 bits per heavy atom. The monoisotopic (exact) mass is 639 g/mol. The molecule has 2 fully saturated rings. The molecule has 1 amide bonds. The third-order valence-electron chi connectivity index (χ3n) is 9.29. The quantitative estimate of drug-likeness (QED) is 0.183. The third-order valence-corrected chi connectivity index (χ3v) is 11.0. The van der Waals surface area contributed by atoms with E-state index in [0.717, 1.165) is 45.8 Å².